The highest BCUT2D eigenvalue weighted by Crippen LogP contribution is 2.30. The summed E-state index contributed by atoms with van der Waals surface area (Å²) in [7, 11) is 1.30. The molecule has 0 saturated heterocycles. The molecule has 6 heteroatoms. The van der Waals surface area contributed by atoms with Gasteiger partial charge in [-0.1, -0.05) is 41.4 Å². The van der Waals surface area contributed by atoms with Gasteiger partial charge >= 0.3 is 5.97 Å². The quantitative estimate of drug-likeness (QED) is 0.833. The highest BCUT2D eigenvalue weighted by molar-refractivity contribution is 6.33. The molecule has 0 radical (unpaired) electrons. The minimum Gasteiger partial charge on any atom is -0.506 e. The second kappa shape index (κ2) is 6.70. The molecule has 2 aromatic rings. The van der Waals surface area contributed by atoms with E-state index in [2.05, 4.69) is 5.32 Å². The molecule has 0 spiro atoms. The van der Waals surface area contributed by atoms with E-state index in [9.17, 15) is 9.90 Å². The molecule has 0 bridgehead atoms. The Balaban J connectivity index is 2.37. The number of methoxy groups -OCH3 is 1. The highest BCUT2D eigenvalue weighted by atomic mass is 35.5. The van der Waals surface area contributed by atoms with Crippen LogP contribution >= 0.6 is 23.2 Å². The zero-order chi connectivity index (χ0) is 15.4. The van der Waals surface area contributed by atoms with Gasteiger partial charge in [0.05, 0.1) is 22.8 Å². The van der Waals surface area contributed by atoms with Crippen molar-refractivity contribution in [1.82, 2.24) is 0 Å². The van der Waals surface area contributed by atoms with Gasteiger partial charge in [0.25, 0.3) is 0 Å². The van der Waals surface area contributed by atoms with E-state index in [-0.39, 0.29) is 10.8 Å². The molecule has 1 unspecified atom stereocenters. The second-order valence-electron chi connectivity index (χ2n) is 4.29. The number of hydrogen-bond donors (Lipinski definition) is 2. The predicted octanol–water partition coefficient (Wildman–Crippen LogP) is 4.03. The molecule has 21 heavy (non-hydrogen) atoms. The van der Waals surface area contributed by atoms with Crippen molar-refractivity contribution in [3.05, 3.63) is 58.1 Å². The fourth-order valence-corrected chi connectivity index (χ4v) is 2.21. The molecule has 0 aliphatic heterocycles. The van der Waals surface area contributed by atoms with E-state index in [4.69, 9.17) is 27.9 Å². The van der Waals surface area contributed by atoms with Crippen molar-refractivity contribution < 1.29 is 14.6 Å². The van der Waals surface area contributed by atoms with Crippen LogP contribution in [0.2, 0.25) is 10.0 Å². The summed E-state index contributed by atoms with van der Waals surface area (Å²) < 4.78 is 4.80. The molecule has 1 atom stereocenters. The molecule has 110 valence electrons. The molecule has 0 aliphatic carbocycles. The molecule has 0 fully saturated rings. The second-order valence-corrected chi connectivity index (χ2v) is 5.11. The lowest BCUT2D eigenvalue weighted by atomic mass is 10.1. The number of esters is 1. The maximum Gasteiger partial charge on any atom is 0.332 e. The summed E-state index contributed by atoms with van der Waals surface area (Å²) in [6, 6.07) is 10.8. The van der Waals surface area contributed by atoms with Crippen molar-refractivity contribution in [3.8, 4) is 5.75 Å². The number of phenolic OH excluding ortho intramolecular Hbond substituents is 1. The van der Waals surface area contributed by atoms with Crippen LogP contribution in [0, 0.1) is 0 Å². The van der Waals surface area contributed by atoms with Crippen molar-refractivity contribution in [1.29, 1.82) is 0 Å². The van der Waals surface area contributed by atoms with Crippen molar-refractivity contribution in [2.24, 2.45) is 0 Å². The lowest BCUT2D eigenvalue weighted by Gasteiger charge is -2.19. The zero-order valence-corrected chi connectivity index (χ0v) is 12.7. The Morgan fingerprint density at radius 2 is 1.90 bits per heavy atom. The van der Waals surface area contributed by atoms with Gasteiger partial charge < -0.3 is 15.2 Å². The van der Waals surface area contributed by atoms with Gasteiger partial charge in [-0.15, -0.1) is 0 Å². The van der Waals surface area contributed by atoms with Gasteiger partial charge in [-0.3, -0.25) is 0 Å². The lowest BCUT2D eigenvalue weighted by Crippen LogP contribution is -2.22. The number of benzene rings is 2. The van der Waals surface area contributed by atoms with Gasteiger partial charge in [-0.25, -0.2) is 4.79 Å². The van der Waals surface area contributed by atoms with Crippen LogP contribution in [0.5, 0.6) is 5.75 Å². The summed E-state index contributed by atoms with van der Waals surface area (Å²) in [5, 5.41) is 13.1. The average molecular weight is 326 g/mol. The van der Waals surface area contributed by atoms with Crippen molar-refractivity contribution in [2.75, 3.05) is 12.4 Å². The van der Waals surface area contributed by atoms with E-state index < -0.39 is 12.0 Å². The third-order valence-corrected chi connectivity index (χ3v) is 3.55. The van der Waals surface area contributed by atoms with E-state index in [1.165, 1.54) is 19.2 Å². The summed E-state index contributed by atoms with van der Waals surface area (Å²) in [4.78, 5) is 12.0. The Hall–Kier alpha value is -1.91. The highest BCUT2D eigenvalue weighted by Gasteiger charge is 2.23. The number of carbonyl (C=O) groups is 1. The van der Waals surface area contributed by atoms with Gasteiger partial charge in [-0.2, -0.15) is 0 Å². The van der Waals surface area contributed by atoms with Crippen LogP contribution in [0.15, 0.2) is 42.5 Å². The van der Waals surface area contributed by atoms with Crippen LogP contribution < -0.4 is 5.32 Å². The molecular weight excluding hydrogens is 313 g/mol. The van der Waals surface area contributed by atoms with Crippen LogP contribution in [0.3, 0.4) is 0 Å². The maximum absolute atomic E-state index is 12.0. The predicted molar refractivity (Wildman–Crippen MR) is 82.9 cm³/mol. The zero-order valence-electron chi connectivity index (χ0n) is 11.1. The maximum atomic E-state index is 12.0. The first-order valence-electron chi connectivity index (χ1n) is 6.10. The molecule has 0 aliphatic rings. The largest absolute Gasteiger partial charge is 0.506 e. The minimum atomic E-state index is -0.784. The molecule has 0 amide bonds. The number of rotatable bonds is 4. The van der Waals surface area contributed by atoms with Crippen molar-refractivity contribution >= 4 is 34.9 Å². The van der Waals surface area contributed by atoms with Gasteiger partial charge in [0.15, 0.2) is 6.04 Å². The molecule has 0 saturated carbocycles. The Morgan fingerprint density at radius 1 is 1.19 bits per heavy atom. The Kier molecular flexibility index (Phi) is 4.94. The van der Waals surface area contributed by atoms with E-state index in [1.807, 2.05) is 0 Å². The molecule has 4 nitrogen and oxygen atoms in total. The number of para-hydroxylation sites is 1. The first kappa shape index (κ1) is 15.5. The summed E-state index contributed by atoms with van der Waals surface area (Å²) in [6.45, 7) is 0. The number of halogens is 2. The van der Waals surface area contributed by atoms with Gasteiger partial charge in [0.1, 0.15) is 5.75 Å². The van der Waals surface area contributed by atoms with Gasteiger partial charge in [-0.05, 0) is 29.8 Å². The van der Waals surface area contributed by atoms with Crippen LogP contribution in [0.4, 0.5) is 5.69 Å². The molecule has 2 N–H and O–H groups in total. The number of aromatic hydroxyl groups is 1. The van der Waals surface area contributed by atoms with E-state index in [1.54, 1.807) is 30.3 Å². The summed E-state index contributed by atoms with van der Waals surface area (Å²) in [5.74, 6) is -0.543. The van der Waals surface area contributed by atoms with Crippen LogP contribution in [0.25, 0.3) is 0 Å². The number of ether oxygens (including phenoxy) is 1. The fraction of sp³-hybridized carbons (Fsp3) is 0.133. The van der Waals surface area contributed by atoms with Crippen molar-refractivity contribution in [2.45, 2.75) is 6.04 Å². The van der Waals surface area contributed by atoms with Gasteiger partial charge in [0.2, 0.25) is 0 Å². The van der Waals surface area contributed by atoms with E-state index in [0.717, 1.165) is 0 Å². The number of phenols is 1. The van der Waals surface area contributed by atoms with Gasteiger partial charge in [0, 0.05) is 0 Å². The molecule has 2 aromatic carbocycles. The number of nitrogens with one attached hydrogen (secondary N) is 1. The number of carbonyl (C=O) groups excluding carboxylic acids is 1. The van der Waals surface area contributed by atoms with Crippen LogP contribution in [-0.2, 0) is 9.53 Å². The smallest absolute Gasteiger partial charge is 0.332 e. The summed E-state index contributed by atoms with van der Waals surface area (Å²) in [6.07, 6.45) is 0. The fourth-order valence-electron chi connectivity index (χ4n) is 1.83. The van der Waals surface area contributed by atoms with E-state index in [0.29, 0.717) is 16.3 Å². The number of hydrogen-bond acceptors (Lipinski definition) is 4. The monoisotopic (exact) mass is 325 g/mol. The lowest BCUT2D eigenvalue weighted by molar-refractivity contribution is -0.141. The Bertz CT molecular complexity index is 661. The van der Waals surface area contributed by atoms with Crippen LogP contribution in [-0.4, -0.2) is 18.2 Å². The SMILES string of the molecule is COC(=O)C(Nc1ccccc1Cl)c1ccc(O)c(Cl)c1. The first-order valence-corrected chi connectivity index (χ1v) is 6.86. The molecule has 2 rings (SSSR count). The Morgan fingerprint density at radius 3 is 2.52 bits per heavy atom. The van der Waals surface area contributed by atoms with Crippen molar-refractivity contribution in [3.63, 3.8) is 0 Å². The molecule has 0 heterocycles. The Labute approximate surface area is 132 Å². The van der Waals surface area contributed by atoms with E-state index >= 15 is 0 Å². The third kappa shape index (κ3) is 3.60. The minimum absolute atomic E-state index is 0.0539. The topological polar surface area (TPSA) is 58.6 Å². The molecular formula is C15H13Cl2NO3. The standard InChI is InChI=1S/C15H13Cl2NO3/c1-21-15(20)14(9-6-7-13(19)11(17)8-9)18-12-5-3-2-4-10(12)16/h2-8,14,18-19H,1H3. The molecule has 0 aromatic heterocycles. The summed E-state index contributed by atoms with van der Waals surface area (Å²) >= 11 is 12.0. The first-order chi connectivity index (χ1) is 10.0. The van der Waals surface area contributed by atoms with Crippen LogP contribution in [0.1, 0.15) is 11.6 Å². The normalized spacial score (nSPS) is 11.8. The third-order valence-electron chi connectivity index (χ3n) is 2.92. The average Bonchev–Trinajstić information content (AvgIpc) is 2.48. The summed E-state index contributed by atoms with van der Waals surface area (Å²) in [5.41, 5.74) is 1.16. The number of anilines is 1.